The van der Waals surface area contributed by atoms with Crippen molar-refractivity contribution in [1.29, 1.82) is 0 Å². The number of benzene rings is 1. The van der Waals surface area contributed by atoms with Crippen molar-refractivity contribution in [2.75, 3.05) is 5.32 Å². The Morgan fingerprint density at radius 3 is 2.73 bits per heavy atom. The van der Waals surface area contributed by atoms with E-state index in [-0.39, 0.29) is 0 Å². The summed E-state index contributed by atoms with van der Waals surface area (Å²) in [6.45, 7) is 0.640. The van der Waals surface area contributed by atoms with Crippen molar-refractivity contribution in [3.05, 3.63) is 44.8 Å². The molecule has 0 aliphatic rings. The van der Waals surface area contributed by atoms with Crippen LogP contribution in [0.5, 0.6) is 0 Å². The van der Waals surface area contributed by atoms with E-state index in [2.05, 4.69) is 10.3 Å². The Bertz CT molecular complexity index is 456. The summed E-state index contributed by atoms with van der Waals surface area (Å²) < 4.78 is 0.700. The van der Waals surface area contributed by atoms with Gasteiger partial charge in [0.05, 0.1) is 23.5 Å². The number of hydrogen-bond acceptors (Lipinski definition) is 3. The predicted molar refractivity (Wildman–Crippen MR) is 65.9 cm³/mol. The third-order valence-corrected chi connectivity index (χ3v) is 3.27. The van der Waals surface area contributed by atoms with Crippen molar-refractivity contribution in [1.82, 2.24) is 4.98 Å². The van der Waals surface area contributed by atoms with E-state index in [0.717, 1.165) is 10.7 Å². The summed E-state index contributed by atoms with van der Waals surface area (Å²) >= 11 is 13.2. The van der Waals surface area contributed by atoms with Crippen LogP contribution in [0.25, 0.3) is 0 Å². The molecule has 0 amide bonds. The Balaban J connectivity index is 2.02. The van der Waals surface area contributed by atoms with Gasteiger partial charge < -0.3 is 5.32 Å². The molecular weight excluding hydrogens is 251 g/mol. The fraction of sp³-hybridized carbons (Fsp3) is 0.100. The zero-order chi connectivity index (χ0) is 10.7. The molecule has 0 aliphatic heterocycles. The molecule has 2 nitrogen and oxygen atoms in total. The van der Waals surface area contributed by atoms with Gasteiger partial charge in [-0.3, -0.25) is 0 Å². The Kier molecular flexibility index (Phi) is 3.46. The van der Waals surface area contributed by atoms with E-state index in [1.54, 1.807) is 6.20 Å². The van der Waals surface area contributed by atoms with Crippen molar-refractivity contribution >= 4 is 40.2 Å². The van der Waals surface area contributed by atoms with Crippen LogP contribution in [0.15, 0.2) is 30.5 Å². The molecule has 0 saturated heterocycles. The number of thiazole rings is 1. The minimum atomic E-state index is 0.640. The second-order valence-corrected chi connectivity index (χ2v) is 5.05. The lowest BCUT2D eigenvalue weighted by Gasteiger charge is -2.05. The maximum absolute atomic E-state index is 5.99. The molecule has 0 bridgehead atoms. The Hall–Kier alpha value is -0.770. The minimum Gasteiger partial charge on any atom is -0.377 e. The topological polar surface area (TPSA) is 24.9 Å². The maximum atomic E-state index is 5.99. The second-order valence-electron chi connectivity index (χ2n) is 2.89. The van der Waals surface area contributed by atoms with E-state index in [9.17, 15) is 0 Å². The Morgan fingerprint density at radius 1 is 1.27 bits per heavy atom. The molecule has 0 unspecified atom stereocenters. The quantitative estimate of drug-likeness (QED) is 0.898. The first-order chi connectivity index (χ1) is 7.25. The summed E-state index contributed by atoms with van der Waals surface area (Å²) in [6, 6.07) is 7.60. The van der Waals surface area contributed by atoms with Crippen molar-refractivity contribution < 1.29 is 0 Å². The first kappa shape index (κ1) is 10.7. The highest BCUT2D eigenvalue weighted by Crippen LogP contribution is 2.23. The van der Waals surface area contributed by atoms with Gasteiger partial charge in [0.1, 0.15) is 9.34 Å². The number of rotatable bonds is 3. The lowest BCUT2D eigenvalue weighted by molar-refractivity contribution is 1.10. The van der Waals surface area contributed by atoms with Crippen molar-refractivity contribution in [3.8, 4) is 0 Å². The summed E-state index contributed by atoms with van der Waals surface area (Å²) in [4.78, 5) is 4.14. The molecule has 1 heterocycles. The molecule has 0 aliphatic carbocycles. The number of nitrogens with zero attached hydrogens (tertiary/aromatic N) is 1. The standard InChI is InChI=1S/C10H8Cl2N2S/c11-7-3-1-2-4-8(7)13-6-10-14-5-9(12)15-10/h1-5,13H,6H2. The van der Waals surface area contributed by atoms with Crippen LogP contribution in [-0.4, -0.2) is 4.98 Å². The maximum Gasteiger partial charge on any atom is 0.113 e. The average molecular weight is 259 g/mol. The normalized spacial score (nSPS) is 10.3. The molecular formula is C10H8Cl2N2S. The average Bonchev–Trinajstić information content (AvgIpc) is 2.63. The molecule has 0 saturated carbocycles. The van der Waals surface area contributed by atoms with Crippen LogP contribution in [-0.2, 0) is 6.54 Å². The van der Waals surface area contributed by atoms with E-state index >= 15 is 0 Å². The summed E-state index contributed by atoms with van der Waals surface area (Å²) in [5.41, 5.74) is 0.908. The van der Waals surface area contributed by atoms with Crippen molar-refractivity contribution in [3.63, 3.8) is 0 Å². The highest BCUT2D eigenvalue weighted by molar-refractivity contribution is 7.15. The highest BCUT2D eigenvalue weighted by atomic mass is 35.5. The first-order valence-corrected chi connectivity index (χ1v) is 5.91. The number of nitrogens with one attached hydrogen (secondary N) is 1. The highest BCUT2D eigenvalue weighted by Gasteiger charge is 2.01. The molecule has 0 fully saturated rings. The van der Waals surface area contributed by atoms with Gasteiger partial charge in [-0.25, -0.2) is 4.98 Å². The van der Waals surface area contributed by atoms with Gasteiger partial charge in [0.2, 0.25) is 0 Å². The van der Waals surface area contributed by atoms with Gasteiger partial charge in [0.15, 0.2) is 0 Å². The molecule has 1 aromatic heterocycles. The number of anilines is 1. The summed E-state index contributed by atoms with van der Waals surface area (Å²) in [5, 5.41) is 4.85. The van der Waals surface area contributed by atoms with Crippen molar-refractivity contribution in [2.24, 2.45) is 0 Å². The first-order valence-electron chi connectivity index (χ1n) is 4.34. The minimum absolute atomic E-state index is 0.640. The molecule has 1 aromatic carbocycles. The van der Waals surface area contributed by atoms with E-state index in [0.29, 0.717) is 15.9 Å². The van der Waals surface area contributed by atoms with E-state index in [1.165, 1.54) is 11.3 Å². The molecule has 0 radical (unpaired) electrons. The summed E-state index contributed by atoms with van der Waals surface area (Å²) in [6.07, 6.45) is 1.65. The van der Waals surface area contributed by atoms with Crippen LogP contribution in [0.3, 0.4) is 0 Å². The van der Waals surface area contributed by atoms with Crippen LogP contribution >= 0.6 is 34.5 Å². The van der Waals surface area contributed by atoms with Crippen LogP contribution in [0.1, 0.15) is 5.01 Å². The fourth-order valence-electron chi connectivity index (χ4n) is 1.15. The summed E-state index contributed by atoms with van der Waals surface area (Å²) in [7, 11) is 0. The third-order valence-electron chi connectivity index (χ3n) is 1.83. The summed E-state index contributed by atoms with van der Waals surface area (Å²) in [5.74, 6) is 0. The smallest absolute Gasteiger partial charge is 0.113 e. The fourth-order valence-corrected chi connectivity index (χ4v) is 2.24. The van der Waals surface area contributed by atoms with Crippen LogP contribution < -0.4 is 5.32 Å². The Labute approximate surface area is 102 Å². The lowest BCUT2D eigenvalue weighted by atomic mass is 10.3. The van der Waals surface area contributed by atoms with Gasteiger partial charge in [-0.05, 0) is 12.1 Å². The molecule has 78 valence electrons. The molecule has 2 rings (SSSR count). The number of halogens is 2. The van der Waals surface area contributed by atoms with Gasteiger partial charge in [0.25, 0.3) is 0 Å². The molecule has 5 heteroatoms. The molecule has 0 spiro atoms. The largest absolute Gasteiger partial charge is 0.377 e. The second kappa shape index (κ2) is 4.84. The van der Waals surface area contributed by atoms with Gasteiger partial charge in [0, 0.05) is 0 Å². The van der Waals surface area contributed by atoms with E-state index in [4.69, 9.17) is 23.2 Å². The molecule has 0 atom stereocenters. The third kappa shape index (κ3) is 2.84. The molecule has 1 N–H and O–H groups in total. The monoisotopic (exact) mass is 258 g/mol. The van der Waals surface area contributed by atoms with Gasteiger partial charge in [-0.1, -0.05) is 35.3 Å². The number of hydrogen-bond donors (Lipinski definition) is 1. The zero-order valence-corrected chi connectivity index (χ0v) is 10.0. The van der Waals surface area contributed by atoms with E-state index < -0.39 is 0 Å². The van der Waals surface area contributed by atoms with Crippen molar-refractivity contribution in [2.45, 2.75) is 6.54 Å². The zero-order valence-electron chi connectivity index (χ0n) is 7.71. The molecule has 15 heavy (non-hydrogen) atoms. The SMILES string of the molecule is Clc1cnc(CNc2ccccc2Cl)s1. The van der Waals surface area contributed by atoms with Gasteiger partial charge >= 0.3 is 0 Å². The van der Waals surface area contributed by atoms with Crippen LogP contribution in [0, 0.1) is 0 Å². The van der Waals surface area contributed by atoms with Gasteiger partial charge in [-0.2, -0.15) is 0 Å². The number of para-hydroxylation sites is 1. The van der Waals surface area contributed by atoms with Crippen LogP contribution in [0.2, 0.25) is 9.36 Å². The lowest BCUT2D eigenvalue weighted by Crippen LogP contribution is -1.98. The predicted octanol–water partition coefficient (Wildman–Crippen LogP) is 4.06. The molecule has 2 aromatic rings. The van der Waals surface area contributed by atoms with Crippen LogP contribution in [0.4, 0.5) is 5.69 Å². The number of aromatic nitrogens is 1. The van der Waals surface area contributed by atoms with E-state index in [1.807, 2.05) is 24.3 Å². The Morgan fingerprint density at radius 2 is 2.07 bits per heavy atom. The van der Waals surface area contributed by atoms with Gasteiger partial charge in [-0.15, -0.1) is 11.3 Å².